The van der Waals surface area contributed by atoms with Gasteiger partial charge in [0, 0.05) is 6.54 Å². The fourth-order valence-electron chi connectivity index (χ4n) is 1.97. The van der Waals surface area contributed by atoms with Crippen molar-refractivity contribution in [1.29, 1.82) is 0 Å². The molecule has 11 heteroatoms. The number of nitrogens with one attached hydrogen (secondary N) is 2. The zero-order chi connectivity index (χ0) is 20.8. The highest BCUT2D eigenvalue weighted by atomic mass is 35.5. The molecule has 148 valence electrons. The quantitative estimate of drug-likeness (QED) is 0.480. The number of hydrogen-bond acceptors (Lipinski definition) is 6. The fourth-order valence-corrected chi connectivity index (χ4v) is 2.56. The Bertz CT molecular complexity index is 909. The van der Waals surface area contributed by atoms with Crippen LogP contribution in [-0.4, -0.2) is 29.0 Å². The van der Waals surface area contributed by atoms with E-state index in [-0.39, 0.29) is 27.4 Å². The summed E-state index contributed by atoms with van der Waals surface area (Å²) >= 11 is 17.5. The van der Waals surface area contributed by atoms with Crippen LogP contribution in [0.15, 0.2) is 30.3 Å². The summed E-state index contributed by atoms with van der Waals surface area (Å²) in [5.41, 5.74) is 5.93. The minimum Gasteiger partial charge on any atom is -0.448 e. The van der Waals surface area contributed by atoms with Gasteiger partial charge >= 0.3 is 12.0 Å². The Balaban J connectivity index is 1.93. The molecular weight excluding hydrogens is 431 g/mol. The zero-order valence-electron chi connectivity index (χ0n) is 14.5. The van der Waals surface area contributed by atoms with Gasteiger partial charge in [-0.05, 0) is 12.5 Å². The van der Waals surface area contributed by atoms with Gasteiger partial charge in [0.1, 0.15) is 5.02 Å². The Labute approximate surface area is 175 Å². The van der Waals surface area contributed by atoms with Crippen LogP contribution >= 0.6 is 34.8 Å². The second-order valence-electron chi connectivity index (χ2n) is 5.50. The number of nitrogen functional groups attached to an aromatic ring is 1. The molecule has 8 nitrogen and oxygen atoms in total. The van der Waals surface area contributed by atoms with E-state index < -0.39 is 29.7 Å². The molecule has 1 unspecified atom stereocenters. The van der Waals surface area contributed by atoms with Crippen molar-refractivity contribution >= 4 is 58.4 Å². The molecule has 0 aliphatic heterocycles. The standard InChI is InChI=1S/C17H15Cl3N4O4/c1-8(15(25)24-17(27)22-7-9-5-3-2-4-6-9)28-16(26)13-10(18)12(21)11(19)14(20)23-13/h2-6,8H,7H2,1H3,(H2,21,23)(H2,22,24,25,27). The number of urea groups is 1. The number of ether oxygens (including phenoxy) is 1. The molecule has 0 aliphatic rings. The lowest BCUT2D eigenvalue weighted by Crippen LogP contribution is -2.44. The van der Waals surface area contributed by atoms with Gasteiger partial charge in [-0.25, -0.2) is 14.6 Å². The number of pyridine rings is 1. The zero-order valence-corrected chi connectivity index (χ0v) is 16.7. The van der Waals surface area contributed by atoms with Gasteiger partial charge in [-0.3, -0.25) is 10.1 Å². The maximum absolute atomic E-state index is 12.2. The number of anilines is 1. The van der Waals surface area contributed by atoms with E-state index in [9.17, 15) is 14.4 Å². The number of aromatic nitrogens is 1. The van der Waals surface area contributed by atoms with Crippen LogP contribution in [0.1, 0.15) is 23.0 Å². The number of rotatable bonds is 5. The third-order valence-electron chi connectivity index (χ3n) is 3.45. The van der Waals surface area contributed by atoms with E-state index in [0.717, 1.165) is 5.56 Å². The molecule has 2 rings (SSSR count). The van der Waals surface area contributed by atoms with E-state index in [4.69, 9.17) is 45.3 Å². The van der Waals surface area contributed by atoms with Crippen molar-refractivity contribution in [2.45, 2.75) is 19.6 Å². The van der Waals surface area contributed by atoms with Gasteiger partial charge in [-0.1, -0.05) is 65.1 Å². The molecule has 1 aromatic heterocycles. The first-order valence-electron chi connectivity index (χ1n) is 7.84. The molecule has 0 saturated heterocycles. The van der Waals surface area contributed by atoms with Gasteiger partial charge < -0.3 is 15.8 Å². The number of hydrogen-bond donors (Lipinski definition) is 3. The van der Waals surface area contributed by atoms with Crippen LogP contribution in [0.5, 0.6) is 0 Å². The van der Waals surface area contributed by atoms with Gasteiger partial charge in [0.05, 0.1) is 10.7 Å². The lowest BCUT2D eigenvalue weighted by molar-refractivity contribution is -0.127. The highest BCUT2D eigenvalue weighted by Crippen LogP contribution is 2.34. The van der Waals surface area contributed by atoms with Crippen molar-refractivity contribution in [2.75, 3.05) is 5.73 Å². The number of amides is 3. The molecule has 0 aliphatic carbocycles. The molecular formula is C17H15Cl3N4O4. The summed E-state index contributed by atoms with van der Waals surface area (Å²) in [6.07, 6.45) is -1.32. The van der Waals surface area contributed by atoms with Crippen LogP contribution in [0.25, 0.3) is 0 Å². The molecule has 28 heavy (non-hydrogen) atoms. The molecule has 0 bridgehead atoms. The molecule has 2 aromatic rings. The minimum atomic E-state index is -1.32. The summed E-state index contributed by atoms with van der Waals surface area (Å²) in [4.78, 5) is 39.7. The number of imide groups is 1. The second kappa shape index (κ2) is 9.59. The molecule has 1 aromatic carbocycles. The molecule has 0 saturated carbocycles. The maximum Gasteiger partial charge on any atom is 0.359 e. The summed E-state index contributed by atoms with van der Waals surface area (Å²) < 4.78 is 4.96. The van der Waals surface area contributed by atoms with Crippen molar-refractivity contribution in [3.63, 3.8) is 0 Å². The van der Waals surface area contributed by atoms with E-state index in [1.54, 1.807) is 0 Å². The monoisotopic (exact) mass is 444 g/mol. The molecule has 0 spiro atoms. The number of nitrogens with zero attached hydrogens (tertiary/aromatic N) is 1. The van der Waals surface area contributed by atoms with Gasteiger partial charge in [0.15, 0.2) is 17.0 Å². The Morgan fingerprint density at radius 2 is 1.79 bits per heavy atom. The van der Waals surface area contributed by atoms with Gasteiger partial charge in [0.25, 0.3) is 5.91 Å². The SMILES string of the molecule is CC(OC(=O)c1nc(Cl)c(Cl)c(N)c1Cl)C(=O)NC(=O)NCc1ccccc1. The van der Waals surface area contributed by atoms with Crippen molar-refractivity contribution in [1.82, 2.24) is 15.6 Å². The van der Waals surface area contributed by atoms with E-state index in [2.05, 4.69) is 15.6 Å². The Hall–Kier alpha value is -2.55. The van der Waals surface area contributed by atoms with E-state index in [1.807, 2.05) is 30.3 Å². The van der Waals surface area contributed by atoms with E-state index in [1.165, 1.54) is 6.92 Å². The largest absolute Gasteiger partial charge is 0.448 e. The lowest BCUT2D eigenvalue weighted by atomic mass is 10.2. The predicted octanol–water partition coefficient (Wildman–Crippen LogP) is 3.20. The van der Waals surface area contributed by atoms with Crippen LogP contribution in [0.3, 0.4) is 0 Å². The molecule has 1 heterocycles. The predicted molar refractivity (Wildman–Crippen MR) is 105 cm³/mol. The summed E-state index contributed by atoms with van der Waals surface area (Å²) in [5.74, 6) is -1.90. The summed E-state index contributed by atoms with van der Waals surface area (Å²) in [6.45, 7) is 1.49. The van der Waals surface area contributed by atoms with Crippen molar-refractivity contribution in [2.24, 2.45) is 0 Å². The minimum absolute atomic E-state index is 0.107. The molecule has 0 radical (unpaired) electrons. The molecule has 0 fully saturated rings. The first-order chi connectivity index (χ1) is 13.2. The smallest absolute Gasteiger partial charge is 0.359 e. The number of carbonyl (C=O) groups is 3. The topological polar surface area (TPSA) is 123 Å². The first kappa shape index (κ1) is 21.7. The average molecular weight is 446 g/mol. The molecule has 4 N–H and O–H groups in total. The number of halogens is 3. The number of esters is 1. The van der Waals surface area contributed by atoms with Crippen LogP contribution in [0, 0.1) is 0 Å². The highest BCUT2D eigenvalue weighted by molar-refractivity contribution is 6.46. The van der Waals surface area contributed by atoms with Crippen LogP contribution in [-0.2, 0) is 16.1 Å². The first-order valence-corrected chi connectivity index (χ1v) is 8.97. The molecule has 3 amide bonds. The fraction of sp³-hybridized carbons (Fsp3) is 0.176. The third-order valence-corrected chi connectivity index (χ3v) is 4.59. The lowest BCUT2D eigenvalue weighted by Gasteiger charge is -2.14. The normalized spacial score (nSPS) is 11.4. The Morgan fingerprint density at radius 1 is 1.14 bits per heavy atom. The Morgan fingerprint density at radius 3 is 2.43 bits per heavy atom. The number of carbonyl (C=O) groups excluding carboxylic acids is 3. The highest BCUT2D eigenvalue weighted by Gasteiger charge is 2.25. The molecule has 1 atom stereocenters. The van der Waals surface area contributed by atoms with E-state index in [0.29, 0.717) is 0 Å². The van der Waals surface area contributed by atoms with E-state index >= 15 is 0 Å². The van der Waals surface area contributed by atoms with Crippen molar-refractivity contribution in [3.8, 4) is 0 Å². The van der Waals surface area contributed by atoms with Crippen LogP contribution in [0.2, 0.25) is 15.2 Å². The van der Waals surface area contributed by atoms with Crippen LogP contribution in [0.4, 0.5) is 10.5 Å². The maximum atomic E-state index is 12.2. The summed E-state index contributed by atoms with van der Waals surface area (Å²) in [7, 11) is 0. The van der Waals surface area contributed by atoms with Gasteiger partial charge in [-0.2, -0.15) is 0 Å². The Kier molecular flexibility index (Phi) is 7.45. The number of nitrogens with two attached hydrogens (primary N) is 1. The third kappa shape index (κ3) is 5.48. The van der Waals surface area contributed by atoms with Gasteiger partial charge in [-0.15, -0.1) is 0 Å². The summed E-state index contributed by atoms with van der Waals surface area (Å²) in [5, 5.41) is 3.96. The van der Waals surface area contributed by atoms with Crippen LogP contribution < -0.4 is 16.4 Å². The van der Waals surface area contributed by atoms with Crippen molar-refractivity contribution in [3.05, 3.63) is 56.8 Å². The second-order valence-corrected chi connectivity index (χ2v) is 6.61. The van der Waals surface area contributed by atoms with Gasteiger partial charge in [0.2, 0.25) is 0 Å². The average Bonchev–Trinajstić information content (AvgIpc) is 2.68. The van der Waals surface area contributed by atoms with Crippen molar-refractivity contribution < 1.29 is 19.1 Å². The summed E-state index contributed by atoms with van der Waals surface area (Å²) in [6, 6.07) is 8.35. The number of benzene rings is 1.